The molecule has 0 amide bonds. The fourth-order valence-corrected chi connectivity index (χ4v) is 2.70. The van der Waals surface area contributed by atoms with Crippen molar-refractivity contribution in [2.24, 2.45) is 0 Å². The molecule has 18 heavy (non-hydrogen) atoms. The number of hydrogen-bond donors (Lipinski definition) is 1. The average Bonchev–Trinajstić information content (AvgIpc) is 3.00. The van der Waals surface area contributed by atoms with Gasteiger partial charge in [0.05, 0.1) is 6.20 Å². The maximum absolute atomic E-state index is 4.42. The van der Waals surface area contributed by atoms with Gasteiger partial charge in [-0.15, -0.1) is 0 Å². The summed E-state index contributed by atoms with van der Waals surface area (Å²) in [5.74, 6) is 0. The standard InChI is InChI=1S/C14H26N4/c1-3-7-17(14-5-6-15-10-14)11-13-9-16-18(12-13)8-4-2/h9,12,14-15H,3-8,10-11H2,1-2H3. The van der Waals surface area contributed by atoms with Crippen LogP contribution in [0, 0.1) is 0 Å². The van der Waals surface area contributed by atoms with E-state index in [1.807, 2.05) is 6.20 Å². The van der Waals surface area contributed by atoms with Crippen LogP contribution >= 0.6 is 0 Å². The van der Waals surface area contributed by atoms with Gasteiger partial charge >= 0.3 is 0 Å². The van der Waals surface area contributed by atoms with E-state index in [1.165, 1.54) is 31.5 Å². The molecular weight excluding hydrogens is 224 g/mol. The third-order valence-corrected chi connectivity index (χ3v) is 3.59. The third kappa shape index (κ3) is 3.56. The molecule has 1 aromatic heterocycles. The normalized spacial score (nSPS) is 19.8. The van der Waals surface area contributed by atoms with E-state index in [-0.39, 0.29) is 0 Å². The van der Waals surface area contributed by atoms with Gasteiger partial charge in [0.2, 0.25) is 0 Å². The molecule has 0 radical (unpaired) electrons. The maximum Gasteiger partial charge on any atom is 0.0534 e. The molecule has 0 aliphatic carbocycles. The summed E-state index contributed by atoms with van der Waals surface area (Å²) in [6, 6.07) is 0.708. The first kappa shape index (κ1) is 13.6. The first-order chi connectivity index (χ1) is 8.83. The van der Waals surface area contributed by atoms with Crippen molar-refractivity contribution < 1.29 is 0 Å². The van der Waals surface area contributed by atoms with E-state index in [4.69, 9.17) is 0 Å². The van der Waals surface area contributed by atoms with Crippen LogP contribution in [0.3, 0.4) is 0 Å². The first-order valence-electron chi connectivity index (χ1n) is 7.29. The Kier molecular flexibility index (Phi) is 5.20. The van der Waals surface area contributed by atoms with Crippen molar-refractivity contribution in [1.29, 1.82) is 0 Å². The van der Waals surface area contributed by atoms with E-state index in [0.29, 0.717) is 6.04 Å². The highest BCUT2D eigenvalue weighted by molar-refractivity contribution is 5.04. The topological polar surface area (TPSA) is 33.1 Å². The molecule has 1 saturated heterocycles. The van der Waals surface area contributed by atoms with Gasteiger partial charge in [-0.1, -0.05) is 13.8 Å². The second kappa shape index (κ2) is 6.90. The Balaban J connectivity index is 1.93. The Morgan fingerprint density at radius 1 is 1.44 bits per heavy atom. The SMILES string of the molecule is CCCN(Cc1cnn(CCC)c1)C1CCNC1. The summed E-state index contributed by atoms with van der Waals surface area (Å²) in [5, 5.41) is 7.88. The van der Waals surface area contributed by atoms with Gasteiger partial charge in [-0.25, -0.2) is 0 Å². The van der Waals surface area contributed by atoms with Crippen LogP contribution in [-0.4, -0.2) is 40.4 Å². The maximum atomic E-state index is 4.42. The summed E-state index contributed by atoms with van der Waals surface area (Å²) in [6.45, 7) is 10.0. The third-order valence-electron chi connectivity index (χ3n) is 3.59. The Hall–Kier alpha value is -0.870. The van der Waals surface area contributed by atoms with Crippen LogP contribution < -0.4 is 5.32 Å². The number of aryl methyl sites for hydroxylation is 1. The average molecular weight is 250 g/mol. The molecule has 1 fully saturated rings. The Morgan fingerprint density at radius 2 is 2.33 bits per heavy atom. The minimum atomic E-state index is 0.708. The lowest BCUT2D eigenvalue weighted by atomic mass is 10.2. The van der Waals surface area contributed by atoms with Crippen LogP contribution in [0.15, 0.2) is 12.4 Å². The zero-order valence-electron chi connectivity index (χ0n) is 11.7. The monoisotopic (exact) mass is 250 g/mol. The number of nitrogens with zero attached hydrogens (tertiary/aromatic N) is 3. The van der Waals surface area contributed by atoms with Crippen LogP contribution in [0.4, 0.5) is 0 Å². The summed E-state index contributed by atoms with van der Waals surface area (Å²) >= 11 is 0. The zero-order valence-corrected chi connectivity index (χ0v) is 11.7. The van der Waals surface area contributed by atoms with Gasteiger partial charge in [0.25, 0.3) is 0 Å². The molecule has 2 rings (SSSR count). The summed E-state index contributed by atoms with van der Waals surface area (Å²) in [4.78, 5) is 2.60. The van der Waals surface area contributed by atoms with Crippen LogP contribution in [0.1, 0.15) is 38.7 Å². The molecule has 0 bridgehead atoms. The van der Waals surface area contributed by atoms with Gasteiger partial charge in [0.1, 0.15) is 0 Å². The van der Waals surface area contributed by atoms with Crippen molar-refractivity contribution >= 4 is 0 Å². The van der Waals surface area contributed by atoms with Crippen LogP contribution in [0.2, 0.25) is 0 Å². The molecule has 2 heterocycles. The largest absolute Gasteiger partial charge is 0.315 e. The molecule has 1 aromatic rings. The van der Waals surface area contributed by atoms with Gasteiger partial charge in [-0.05, 0) is 32.4 Å². The van der Waals surface area contributed by atoms with Crippen LogP contribution in [0.25, 0.3) is 0 Å². The van der Waals surface area contributed by atoms with Crippen molar-refractivity contribution in [3.8, 4) is 0 Å². The lowest BCUT2D eigenvalue weighted by Gasteiger charge is -2.27. The number of rotatable bonds is 7. The molecule has 0 saturated carbocycles. The highest BCUT2D eigenvalue weighted by Gasteiger charge is 2.21. The van der Waals surface area contributed by atoms with E-state index in [1.54, 1.807) is 0 Å². The molecule has 1 unspecified atom stereocenters. The summed E-state index contributed by atoms with van der Waals surface area (Å²) < 4.78 is 2.06. The predicted octanol–water partition coefficient (Wildman–Crippen LogP) is 1.87. The number of aromatic nitrogens is 2. The van der Waals surface area contributed by atoms with Gasteiger partial charge < -0.3 is 5.32 Å². The van der Waals surface area contributed by atoms with E-state index >= 15 is 0 Å². The lowest BCUT2D eigenvalue weighted by molar-refractivity contribution is 0.199. The van der Waals surface area contributed by atoms with Gasteiger partial charge in [0.15, 0.2) is 0 Å². The Bertz CT molecular complexity index is 341. The smallest absolute Gasteiger partial charge is 0.0534 e. The Morgan fingerprint density at radius 3 is 3.00 bits per heavy atom. The van der Waals surface area contributed by atoms with Gasteiger partial charge in [-0.3, -0.25) is 9.58 Å². The minimum Gasteiger partial charge on any atom is -0.315 e. The molecule has 1 aliphatic heterocycles. The molecule has 1 aliphatic rings. The molecule has 102 valence electrons. The van der Waals surface area contributed by atoms with Gasteiger partial charge in [0, 0.05) is 37.4 Å². The summed E-state index contributed by atoms with van der Waals surface area (Å²) in [5.41, 5.74) is 1.35. The second-order valence-electron chi connectivity index (χ2n) is 5.23. The first-order valence-corrected chi connectivity index (χ1v) is 7.29. The molecular formula is C14H26N4. The fraction of sp³-hybridized carbons (Fsp3) is 0.786. The van der Waals surface area contributed by atoms with Crippen molar-refractivity contribution in [3.63, 3.8) is 0 Å². The van der Waals surface area contributed by atoms with Crippen LogP contribution in [0.5, 0.6) is 0 Å². The molecule has 1 atom stereocenters. The molecule has 1 N–H and O–H groups in total. The van der Waals surface area contributed by atoms with Crippen molar-refractivity contribution in [3.05, 3.63) is 18.0 Å². The fourth-order valence-electron chi connectivity index (χ4n) is 2.70. The number of nitrogens with one attached hydrogen (secondary N) is 1. The van der Waals surface area contributed by atoms with Crippen LogP contribution in [-0.2, 0) is 13.1 Å². The van der Waals surface area contributed by atoms with E-state index in [2.05, 4.69) is 40.0 Å². The van der Waals surface area contributed by atoms with Crippen molar-refractivity contribution in [2.75, 3.05) is 19.6 Å². The van der Waals surface area contributed by atoms with Crippen molar-refractivity contribution in [1.82, 2.24) is 20.0 Å². The molecule has 4 nitrogen and oxygen atoms in total. The summed E-state index contributed by atoms with van der Waals surface area (Å²) in [6.07, 6.45) is 7.88. The molecule has 0 spiro atoms. The number of hydrogen-bond acceptors (Lipinski definition) is 3. The van der Waals surface area contributed by atoms with E-state index < -0.39 is 0 Å². The lowest BCUT2D eigenvalue weighted by Crippen LogP contribution is -2.36. The van der Waals surface area contributed by atoms with E-state index in [0.717, 1.165) is 26.1 Å². The second-order valence-corrected chi connectivity index (χ2v) is 5.23. The zero-order chi connectivity index (χ0) is 12.8. The predicted molar refractivity (Wildman–Crippen MR) is 74.5 cm³/mol. The van der Waals surface area contributed by atoms with Crippen molar-refractivity contribution in [2.45, 2.75) is 52.2 Å². The Labute approximate surface area is 110 Å². The summed E-state index contributed by atoms with van der Waals surface area (Å²) in [7, 11) is 0. The minimum absolute atomic E-state index is 0.708. The highest BCUT2D eigenvalue weighted by Crippen LogP contribution is 2.13. The highest BCUT2D eigenvalue weighted by atomic mass is 15.3. The molecule has 0 aromatic carbocycles. The quantitative estimate of drug-likeness (QED) is 0.802. The molecule has 4 heteroatoms. The van der Waals surface area contributed by atoms with E-state index in [9.17, 15) is 0 Å². The van der Waals surface area contributed by atoms with Gasteiger partial charge in [-0.2, -0.15) is 5.10 Å².